The van der Waals surface area contributed by atoms with Crippen molar-refractivity contribution < 1.29 is 34.7 Å². The van der Waals surface area contributed by atoms with Crippen LogP contribution in [0.3, 0.4) is 0 Å². The van der Waals surface area contributed by atoms with Gasteiger partial charge in [-0.3, -0.25) is 4.79 Å². The molecule has 2 unspecified atom stereocenters. The lowest BCUT2D eigenvalue weighted by atomic mass is 9.52. The fourth-order valence-electron chi connectivity index (χ4n) is 5.59. The predicted octanol–water partition coefficient (Wildman–Crippen LogP) is -0.526. The highest BCUT2D eigenvalue weighted by atomic mass is 16.7. The monoisotopic (exact) mass is 314 g/mol. The minimum atomic E-state index is -1.58. The zero-order valence-electron chi connectivity index (χ0n) is 12.8. The number of rotatable bonds is 2. The smallest absolute Gasteiger partial charge is 0.309 e. The Kier molecular flexibility index (Phi) is 2.48. The van der Waals surface area contributed by atoms with Crippen molar-refractivity contribution in [1.82, 2.24) is 0 Å². The zero-order valence-corrected chi connectivity index (χ0v) is 12.8. The Morgan fingerprint density at radius 3 is 2.50 bits per heavy atom. The van der Waals surface area contributed by atoms with E-state index < -0.39 is 58.5 Å². The van der Waals surface area contributed by atoms with E-state index in [1.165, 1.54) is 0 Å². The minimum absolute atomic E-state index is 0.143. The van der Waals surface area contributed by atoms with Gasteiger partial charge in [0.25, 0.3) is 0 Å². The van der Waals surface area contributed by atoms with E-state index in [4.69, 9.17) is 9.47 Å². The van der Waals surface area contributed by atoms with E-state index in [0.717, 1.165) is 0 Å². The summed E-state index contributed by atoms with van der Waals surface area (Å²) in [6.45, 7) is 4.84. The van der Waals surface area contributed by atoms with Crippen LogP contribution in [0.5, 0.6) is 0 Å². The Morgan fingerprint density at radius 2 is 1.95 bits per heavy atom. The highest BCUT2D eigenvalue weighted by Crippen LogP contribution is 2.76. The molecule has 0 amide bonds. The van der Waals surface area contributed by atoms with E-state index in [2.05, 4.69) is 0 Å². The maximum Gasteiger partial charge on any atom is 0.309 e. The number of ether oxygens (including phenoxy) is 2. The molecule has 0 aromatic carbocycles. The number of aliphatic carboxylic acids is 1. The van der Waals surface area contributed by atoms with Crippen LogP contribution >= 0.6 is 0 Å². The normalized spacial score (nSPS) is 59.1. The maximum atomic E-state index is 11.9. The van der Waals surface area contributed by atoms with Crippen molar-refractivity contribution in [1.29, 1.82) is 0 Å². The molecular formula is C15H22O7. The molecule has 22 heavy (non-hydrogen) atoms. The largest absolute Gasteiger partial charge is 0.481 e. The lowest BCUT2D eigenvalue weighted by Crippen LogP contribution is -2.67. The number of carboxylic acid groups (broad SMARTS) is 1. The summed E-state index contributed by atoms with van der Waals surface area (Å²) in [4.78, 5) is 11.9. The van der Waals surface area contributed by atoms with Crippen molar-refractivity contribution in [3.63, 3.8) is 0 Å². The first-order chi connectivity index (χ1) is 10.00. The van der Waals surface area contributed by atoms with Crippen LogP contribution in [-0.4, -0.2) is 61.7 Å². The van der Waals surface area contributed by atoms with E-state index in [1.54, 1.807) is 20.8 Å². The van der Waals surface area contributed by atoms with Crippen LogP contribution in [0.2, 0.25) is 0 Å². The standard InChI is InChI=1S/C15H22O7/c1-12(2,19)6-4-7-13(3)14(20,9(6)10(16)17)5-8-15(13,22-8)11(18)21-7/h6-9,11,18-20H,4-5H2,1-3H3,(H,16,17)/t6-,7-,8-,9?,11?,13-,14-,15+/m1/s1. The van der Waals surface area contributed by atoms with E-state index in [-0.39, 0.29) is 12.8 Å². The fourth-order valence-corrected chi connectivity index (χ4v) is 5.59. The Morgan fingerprint density at radius 1 is 1.32 bits per heavy atom. The summed E-state index contributed by atoms with van der Waals surface area (Å²) in [6, 6.07) is 0. The lowest BCUT2D eigenvalue weighted by molar-refractivity contribution is -0.232. The van der Waals surface area contributed by atoms with Gasteiger partial charge >= 0.3 is 5.97 Å². The van der Waals surface area contributed by atoms with Crippen LogP contribution in [0.25, 0.3) is 0 Å². The third-order valence-electron chi connectivity index (χ3n) is 6.83. The third kappa shape index (κ3) is 1.27. The molecule has 0 radical (unpaired) electrons. The molecule has 1 spiro atoms. The quantitative estimate of drug-likeness (QED) is 0.506. The molecule has 2 saturated heterocycles. The number of aliphatic hydroxyl groups is 3. The maximum absolute atomic E-state index is 11.9. The second-order valence-electron chi connectivity index (χ2n) is 8.02. The molecule has 0 aromatic heterocycles. The molecule has 0 bridgehead atoms. The van der Waals surface area contributed by atoms with Crippen LogP contribution in [0.15, 0.2) is 0 Å². The molecular weight excluding hydrogens is 292 g/mol. The highest BCUT2D eigenvalue weighted by Gasteiger charge is 2.91. The number of hydrogen-bond donors (Lipinski definition) is 4. The first kappa shape index (κ1) is 14.8. The average molecular weight is 314 g/mol. The number of aliphatic hydroxyl groups excluding tert-OH is 1. The summed E-state index contributed by atoms with van der Waals surface area (Å²) in [5.41, 5.74) is -4.86. The Balaban J connectivity index is 1.88. The van der Waals surface area contributed by atoms with E-state index >= 15 is 0 Å². The molecule has 2 heterocycles. The van der Waals surface area contributed by atoms with E-state index in [0.29, 0.717) is 0 Å². The lowest BCUT2D eigenvalue weighted by Gasteiger charge is -2.55. The van der Waals surface area contributed by atoms with Crippen molar-refractivity contribution in [2.24, 2.45) is 17.3 Å². The number of hydrogen-bond acceptors (Lipinski definition) is 6. The van der Waals surface area contributed by atoms with Gasteiger partial charge in [0, 0.05) is 12.3 Å². The third-order valence-corrected chi connectivity index (χ3v) is 6.83. The predicted molar refractivity (Wildman–Crippen MR) is 71.7 cm³/mol. The number of carboxylic acids is 1. The van der Waals surface area contributed by atoms with Crippen molar-refractivity contribution in [2.75, 3.05) is 0 Å². The first-order valence-electron chi connectivity index (χ1n) is 7.69. The molecule has 0 aromatic rings. The summed E-state index contributed by atoms with van der Waals surface area (Å²) in [7, 11) is 0. The van der Waals surface area contributed by atoms with Crippen molar-refractivity contribution in [3.8, 4) is 0 Å². The van der Waals surface area contributed by atoms with E-state index in [1.807, 2.05) is 0 Å². The molecule has 2 saturated carbocycles. The summed E-state index contributed by atoms with van der Waals surface area (Å²) in [5.74, 6) is -2.93. The van der Waals surface area contributed by atoms with Gasteiger partial charge in [0.1, 0.15) is 0 Å². The molecule has 7 nitrogen and oxygen atoms in total. The summed E-state index contributed by atoms with van der Waals surface area (Å²) in [5, 5.41) is 41.8. The molecule has 124 valence electrons. The Labute approximate surface area is 127 Å². The van der Waals surface area contributed by atoms with Crippen LogP contribution in [0.1, 0.15) is 33.6 Å². The van der Waals surface area contributed by atoms with Gasteiger partial charge in [-0.05, 0) is 20.3 Å². The molecule has 4 fully saturated rings. The molecule has 2 aliphatic carbocycles. The molecule has 7 heteroatoms. The second-order valence-corrected chi connectivity index (χ2v) is 8.02. The summed E-state index contributed by atoms with van der Waals surface area (Å²) >= 11 is 0. The fraction of sp³-hybridized carbons (Fsp3) is 0.933. The van der Waals surface area contributed by atoms with Gasteiger partial charge in [-0.15, -0.1) is 0 Å². The van der Waals surface area contributed by atoms with Gasteiger partial charge in [0.15, 0.2) is 11.9 Å². The SMILES string of the molecule is CC(C)(O)[C@@H]1C[C@H]2OC(O)[C@@]34O[C@@H]3C[C@@](O)(C1C(=O)O)[C@@]24C. The van der Waals surface area contributed by atoms with Crippen LogP contribution in [0.4, 0.5) is 0 Å². The topological polar surface area (TPSA) is 120 Å². The number of epoxide rings is 1. The number of carbonyl (C=O) groups is 1. The van der Waals surface area contributed by atoms with Crippen LogP contribution < -0.4 is 0 Å². The summed E-state index contributed by atoms with van der Waals surface area (Å²) in [6.07, 6.45) is -1.72. The molecule has 4 N–H and O–H groups in total. The average Bonchev–Trinajstić information content (AvgIpc) is 2.97. The molecule has 4 rings (SSSR count). The van der Waals surface area contributed by atoms with Gasteiger partial charge in [-0.2, -0.15) is 0 Å². The van der Waals surface area contributed by atoms with Crippen molar-refractivity contribution in [3.05, 3.63) is 0 Å². The van der Waals surface area contributed by atoms with Crippen molar-refractivity contribution in [2.45, 2.75) is 68.9 Å². The zero-order chi connectivity index (χ0) is 16.3. The first-order valence-corrected chi connectivity index (χ1v) is 7.69. The van der Waals surface area contributed by atoms with Gasteiger partial charge < -0.3 is 29.9 Å². The van der Waals surface area contributed by atoms with Gasteiger partial charge in [0.2, 0.25) is 0 Å². The van der Waals surface area contributed by atoms with Crippen LogP contribution in [-0.2, 0) is 14.3 Å². The molecule has 8 atom stereocenters. The van der Waals surface area contributed by atoms with Crippen molar-refractivity contribution >= 4 is 5.97 Å². The Hall–Kier alpha value is -0.730. The molecule has 4 aliphatic rings. The molecule has 2 aliphatic heterocycles. The second kappa shape index (κ2) is 3.67. The van der Waals surface area contributed by atoms with Crippen LogP contribution in [0, 0.1) is 17.3 Å². The minimum Gasteiger partial charge on any atom is -0.481 e. The highest BCUT2D eigenvalue weighted by molar-refractivity contribution is 5.73. The summed E-state index contributed by atoms with van der Waals surface area (Å²) < 4.78 is 11.3. The van der Waals surface area contributed by atoms with E-state index in [9.17, 15) is 25.2 Å². The Bertz CT molecular complexity index is 557. The van der Waals surface area contributed by atoms with Gasteiger partial charge in [-0.1, -0.05) is 6.92 Å². The van der Waals surface area contributed by atoms with Gasteiger partial charge in [-0.25, -0.2) is 0 Å². The van der Waals surface area contributed by atoms with Gasteiger partial charge in [0.05, 0.1) is 34.7 Å².